The van der Waals surface area contributed by atoms with Gasteiger partial charge < -0.3 is 35.2 Å². The Morgan fingerprint density at radius 2 is 1.55 bits per heavy atom. The molecule has 4 N–H and O–H groups in total. The highest BCUT2D eigenvalue weighted by Gasteiger charge is 2.41. The van der Waals surface area contributed by atoms with Crippen LogP contribution in [-0.4, -0.2) is 59.2 Å². The largest absolute Gasteiger partial charge is 0.392 e. The number of nitrogens with one attached hydrogen (secondary N) is 2. The lowest BCUT2D eigenvalue weighted by Gasteiger charge is -2.45. The number of rotatable bonds is 15. The van der Waals surface area contributed by atoms with Crippen molar-refractivity contribution in [2.45, 2.75) is 89.6 Å². The molecule has 4 aromatic carbocycles. The molecule has 292 valence electrons. The van der Waals surface area contributed by atoms with Crippen LogP contribution in [-0.2, 0) is 37.8 Å². The second-order valence-corrected chi connectivity index (χ2v) is 15.4. The molecule has 0 bridgehead atoms. The van der Waals surface area contributed by atoms with Gasteiger partial charge in [-0.2, -0.15) is 0 Å². The third-order valence-electron chi connectivity index (χ3n) is 11.1. The van der Waals surface area contributed by atoms with Crippen molar-refractivity contribution in [2.75, 3.05) is 26.2 Å². The van der Waals surface area contributed by atoms with Crippen molar-refractivity contribution in [3.8, 4) is 11.1 Å². The molecule has 4 unspecified atom stereocenters. The highest BCUT2D eigenvalue weighted by Crippen LogP contribution is 2.43. The summed E-state index contributed by atoms with van der Waals surface area (Å²) in [6.07, 6.45) is 3.25. The SMILES string of the molecule is CC(=O)NCCCCCC(=O)NCc1ccccc1-c1ccc(C2OC(CN3CCC(O)(c4ccc(Cl)cc4)CC3)C(C)C(c3ccc(CO)cc3)O2)cc1. The molecule has 6 rings (SSSR count). The zero-order chi connectivity index (χ0) is 38.8. The molecule has 2 aliphatic rings. The van der Waals surface area contributed by atoms with Gasteiger partial charge in [0.2, 0.25) is 11.8 Å². The number of carbonyl (C=O) groups excluding carboxylic acids is 2. The quantitative estimate of drug-likeness (QED) is 0.0921. The average molecular weight is 768 g/mol. The lowest BCUT2D eigenvalue weighted by atomic mass is 9.84. The Labute approximate surface area is 330 Å². The van der Waals surface area contributed by atoms with Crippen molar-refractivity contribution in [1.29, 1.82) is 0 Å². The molecule has 10 heteroatoms. The Morgan fingerprint density at radius 1 is 0.855 bits per heavy atom. The standard InChI is InChI=1S/C45H54ClN3O6/c1-31-41(29-49-26-23-45(53,24-27-49)38-19-21-39(46)22-20-38)54-44(55-43(31)35-13-11-33(30-50)12-14-35)36-17-15-34(16-18-36)40-9-6-5-8-37(40)28-48-42(52)10-4-3-7-25-47-32(2)51/h5-6,8-9,11-22,31,41,43-44,50,53H,3-4,7,10,23-30H2,1-2H3,(H,47,51)(H,48,52). The molecule has 2 fully saturated rings. The summed E-state index contributed by atoms with van der Waals surface area (Å²) >= 11 is 6.11. The fourth-order valence-electron chi connectivity index (χ4n) is 7.65. The first-order valence-electron chi connectivity index (χ1n) is 19.5. The van der Waals surface area contributed by atoms with Crippen LogP contribution < -0.4 is 10.6 Å². The molecular formula is C45H54ClN3O6. The van der Waals surface area contributed by atoms with Crippen molar-refractivity contribution < 1.29 is 29.3 Å². The van der Waals surface area contributed by atoms with Crippen molar-refractivity contribution in [3.05, 3.63) is 130 Å². The topological polar surface area (TPSA) is 120 Å². The van der Waals surface area contributed by atoms with Crippen LogP contribution in [0, 0.1) is 5.92 Å². The Kier molecular flexibility index (Phi) is 14.1. The van der Waals surface area contributed by atoms with E-state index in [9.17, 15) is 19.8 Å². The van der Waals surface area contributed by atoms with Crippen LogP contribution in [0.15, 0.2) is 97.1 Å². The minimum Gasteiger partial charge on any atom is -0.392 e. The predicted molar refractivity (Wildman–Crippen MR) is 215 cm³/mol. The van der Waals surface area contributed by atoms with E-state index in [2.05, 4.69) is 52.8 Å². The van der Waals surface area contributed by atoms with Gasteiger partial charge in [-0.15, -0.1) is 0 Å². The first-order chi connectivity index (χ1) is 26.6. The summed E-state index contributed by atoms with van der Waals surface area (Å²) in [7, 11) is 0. The smallest absolute Gasteiger partial charge is 0.220 e. The van der Waals surface area contributed by atoms with Crippen LogP contribution in [0.25, 0.3) is 11.1 Å². The molecule has 4 atom stereocenters. The number of halogens is 1. The van der Waals surface area contributed by atoms with Crippen molar-refractivity contribution in [2.24, 2.45) is 5.92 Å². The van der Waals surface area contributed by atoms with Crippen LogP contribution in [0.4, 0.5) is 0 Å². The molecule has 55 heavy (non-hydrogen) atoms. The van der Waals surface area contributed by atoms with E-state index in [1.807, 2.05) is 66.7 Å². The van der Waals surface area contributed by atoms with E-state index < -0.39 is 11.9 Å². The van der Waals surface area contributed by atoms with Crippen LogP contribution in [0.5, 0.6) is 0 Å². The average Bonchev–Trinajstić information content (AvgIpc) is 3.20. The molecule has 0 radical (unpaired) electrons. The van der Waals surface area contributed by atoms with Crippen LogP contribution >= 0.6 is 11.6 Å². The third-order valence-corrected chi connectivity index (χ3v) is 11.3. The number of hydrogen-bond donors (Lipinski definition) is 4. The zero-order valence-electron chi connectivity index (χ0n) is 31.9. The summed E-state index contributed by atoms with van der Waals surface area (Å²) in [6.45, 7) is 6.92. The van der Waals surface area contributed by atoms with Gasteiger partial charge in [0, 0.05) is 62.6 Å². The Balaban J connectivity index is 1.12. The number of nitrogens with zero attached hydrogens (tertiary/aromatic N) is 1. The number of benzene rings is 4. The van der Waals surface area contributed by atoms with E-state index in [0.717, 1.165) is 71.3 Å². The fraction of sp³-hybridized carbons (Fsp3) is 0.422. The summed E-state index contributed by atoms with van der Waals surface area (Å²) in [5, 5.41) is 27.7. The number of aliphatic hydroxyl groups is 2. The van der Waals surface area contributed by atoms with Crippen LogP contribution in [0.2, 0.25) is 5.02 Å². The molecule has 2 amide bonds. The lowest BCUT2D eigenvalue weighted by Crippen LogP contribution is -2.49. The number of unbranched alkanes of at least 4 members (excludes halogenated alkanes) is 2. The van der Waals surface area contributed by atoms with Gasteiger partial charge in [0.25, 0.3) is 0 Å². The van der Waals surface area contributed by atoms with E-state index in [1.54, 1.807) is 0 Å². The number of carbonyl (C=O) groups is 2. The second kappa shape index (κ2) is 19.2. The predicted octanol–water partition coefficient (Wildman–Crippen LogP) is 7.59. The van der Waals surface area contributed by atoms with E-state index in [4.69, 9.17) is 21.1 Å². The molecule has 0 aromatic heterocycles. The molecule has 4 aromatic rings. The molecule has 2 heterocycles. The highest BCUT2D eigenvalue weighted by molar-refractivity contribution is 6.30. The number of amides is 2. The maximum absolute atomic E-state index is 12.6. The third kappa shape index (κ3) is 10.8. The van der Waals surface area contributed by atoms with Crippen LogP contribution in [0.3, 0.4) is 0 Å². The van der Waals surface area contributed by atoms with Crippen LogP contribution in [0.1, 0.15) is 92.6 Å². The first-order valence-corrected chi connectivity index (χ1v) is 19.9. The normalized spacial score (nSPS) is 21.2. The number of hydrogen-bond acceptors (Lipinski definition) is 7. The van der Waals surface area contributed by atoms with E-state index >= 15 is 0 Å². The van der Waals surface area contributed by atoms with Gasteiger partial charge in [0.15, 0.2) is 6.29 Å². The summed E-state index contributed by atoms with van der Waals surface area (Å²) in [5.74, 6) is 0.0250. The number of likely N-dealkylation sites (tertiary alicyclic amines) is 1. The Morgan fingerprint density at radius 3 is 2.24 bits per heavy atom. The monoisotopic (exact) mass is 767 g/mol. The van der Waals surface area contributed by atoms with Gasteiger partial charge in [0.1, 0.15) is 0 Å². The van der Waals surface area contributed by atoms with E-state index in [-0.39, 0.29) is 36.5 Å². The maximum Gasteiger partial charge on any atom is 0.220 e. The lowest BCUT2D eigenvalue weighted by molar-refractivity contribution is -0.277. The second-order valence-electron chi connectivity index (χ2n) is 15.0. The van der Waals surface area contributed by atoms with Crippen molar-refractivity contribution in [1.82, 2.24) is 15.5 Å². The van der Waals surface area contributed by atoms with Gasteiger partial charge in [-0.3, -0.25) is 9.59 Å². The maximum atomic E-state index is 12.6. The summed E-state index contributed by atoms with van der Waals surface area (Å²) in [5.41, 5.74) is 5.93. The summed E-state index contributed by atoms with van der Waals surface area (Å²) in [4.78, 5) is 26.0. The molecule has 2 saturated heterocycles. The van der Waals surface area contributed by atoms with Gasteiger partial charge in [0.05, 0.1) is 24.4 Å². The minimum absolute atomic E-state index is 0.0161. The Hall–Kier alpha value is -4.09. The number of piperidine rings is 1. The van der Waals surface area contributed by atoms with Gasteiger partial charge in [-0.05, 0) is 71.2 Å². The van der Waals surface area contributed by atoms with E-state index in [0.29, 0.717) is 43.9 Å². The molecule has 9 nitrogen and oxygen atoms in total. The number of ether oxygens (including phenoxy) is 2. The first kappa shape index (κ1) is 40.6. The highest BCUT2D eigenvalue weighted by atomic mass is 35.5. The molecule has 0 spiro atoms. The van der Waals surface area contributed by atoms with Gasteiger partial charge >= 0.3 is 0 Å². The summed E-state index contributed by atoms with van der Waals surface area (Å²) < 4.78 is 13.5. The zero-order valence-corrected chi connectivity index (χ0v) is 32.6. The fourth-order valence-corrected chi connectivity index (χ4v) is 7.77. The molecule has 0 saturated carbocycles. The van der Waals surface area contributed by atoms with E-state index in [1.165, 1.54) is 6.92 Å². The van der Waals surface area contributed by atoms with Crippen molar-refractivity contribution >= 4 is 23.4 Å². The minimum atomic E-state index is -0.884. The van der Waals surface area contributed by atoms with Crippen molar-refractivity contribution in [3.63, 3.8) is 0 Å². The number of aliphatic hydroxyl groups excluding tert-OH is 1. The molecule has 0 aliphatic carbocycles. The molecular weight excluding hydrogens is 714 g/mol. The van der Waals surface area contributed by atoms with Gasteiger partial charge in [-0.1, -0.05) is 110 Å². The van der Waals surface area contributed by atoms with Gasteiger partial charge in [-0.25, -0.2) is 0 Å². The molecule has 2 aliphatic heterocycles. The summed E-state index contributed by atoms with van der Waals surface area (Å²) in [6, 6.07) is 31.8. The Bertz CT molecular complexity index is 1840.